The Kier molecular flexibility index (Phi) is 16.1. The molecule has 0 aliphatic heterocycles. The molecule has 0 aromatic carbocycles. The highest BCUT2D eigenvalue weighted by Gasteiger charge is 2.08. The first-order valence-electron chi connectivity index (χ1n) is 7.73. The summed E-state index contributed by atoms with van der Waals surface area (Å²) < 4.78 is 5.09. The molecule has 0 amide bonds. The van der Waals surface area contributed by atoms with Crippen LogP contribution in [-0.4, -0.2) is 50.1 Å². The zero-order valence-corrected chi connectivity index (χ0v) is 16.8. The maximum absolute atomic E-state index is 11.4. The quantitative estimate of drug-likeness (QED) is 0.146. The summed E-state index contributed by atoms with van der Waals surface area (Å²) in [5, 5.41) is 3.18. The third kappa shape index (κ3) is 12.9. The van der Waals surface area contributed by atoms with E-state index in [9.17, 15) is 4.79 Å². The molecule has 130 valence electrons. The van der Waals surface area contributed by atoms with Crippen LogP contribution in [0.2, 0.25) is 0 Å². The van der Waals surface area contributed by atoms with Crippen LogP contribution in [0.4, 0.5) is 0 Å². The van der Waals surface area contributed by atoms with Crippen molar-refractivity contribution in [2.75, 3.05) is 27.2 Å². The highest BCUT2D eigenvalue weighted by atomic mass is 127. The number of nitrogens with zero attached hydrogens (tertiary/aromatic N) is 2. The van der Waals surface area contributed by atoms with Gasteiger partial charge in [-0.2, -0.15) is 0 Å². The molecule has 0 aromatic heterocycles. The van der Waals surface area contributed by atoms with Gasteiger partial charge < -0.3 is 15.0 Å². The first-order chi connectivity index (χ1) is 10.0. The molecular formula is C16H32IN3O2. The molecule has 0 unspecified atom stereocenters. The van der Waals surface area contributed by atoms with Crippen LogP contribution in [0.15, 0.2) is 17.6 Å². The Bertz CT molecular complexity index is 333. The van der Waals surface area contributed by atoms with Crippen molar-refractivity contribution in [3.05, 3.63) is 12.7 Å². The molecule has 1 N–H and O–H groups in total. The van der Waals surface area contributed by atoms with Crippen molar-refractivity contribution >= 4 is 35.9 Å². The van der Waals surface area contributed by atoms with Crippen LogP contribution in [0.25, 0.3) is 0 Å². The summed E-state index contributed by atoms with van der Waals surface area (Å²) in [6, 6.07) is 0. The molecule has 0 rings (SSSR count). The van der Waals surface area contributed by atoms with E-state index in [-0.39, 0.29) is 36.0 Å². The van der Waals surface area contributed by atoms with Crippen LogP contribution in [0, 0.1) is 0 Å². The first-order valence-corrected chi connectivity index (χ1v) is 7.73. The molecule has 6 heteroatoms. The second kappa shape index (κ2) is 15.1. The summed E-state index contributed by atoms with van der Waals surface area (Å²) >= 11 is 0. The van der Waals surface area contributed by atoms with Crippen LogP contribution >= 0.6 is 24.0 Å². The number of halogens is 1. The molecule has 0 fully saturated rings. The van der Waals surface area contributed by atoms with Crippen molar-refractivity contribution in [1.82, 2.24) is 10.2 Å². The Balaban J connectivity index is 0. The second-order valence-electron chi connectivity index (χ2n) is 5.32. The number of guanidine groups is 1. The van der Waals surface area contributed by atoms with Gasteiger partial charge in [-0.25, -0.2) is 0 Å². The molecule has 0 heterocycles. The second-order valence-corrected chi connectivity index (χ2v) is 5.32. The zero-order valence-electron chi connectivity index (χ0n) is 14.4. The number of ether oxygens (including phenoxy) is 1. The molecule has 0 bridgehead atoms. The summed E-state index contributed by atoms with van der Waals surface area (Å²) in [5.41, 5.74) is 0. The van der Waals surface area contributed by atoms with Crippen LogP contribution in [-0.2, 0) is 9.53 Å². The van der Waals surface area contributed by atoms with E-state index in [0.717, 1.165) is 25.3 Å². The van der Waals surface area contributed by atoms with E-state index in [4.69, 9.17) is 4.74 Å². The smallest absolute Gasteiger partial charge is 0.307 e. The van der Waals surface area contributed by atoms with E-state index in [0.29, 0.717) is 13.0 Å². The Labute approximate surface area is 152 Å². The van der Waals surface area contributed by atoms with E-state index < -0.39 is 0 Å². The van der Waals surface area contributed by atoms with E-state index in [2.05, 4.69) is 21.8 Å². The third-order valence-corrected chi connectivity index (χ3v) is 2.95. The minimum Gasteiger partial charge on any atom is -0.463 e. The summed E-state index contributed by atoms with van der Waals surface area (Å²) in [4.78, 5) is 17.8. The molecular weight excluding hydrogens is 393 g/mol. The number of carbonyl (C=O) groups excluding carboxylic acids is 1. The standard InChI is InChI=1S/C16H31N3O2.HI/c1-6-7-8-9-10-13-19(5)16(17-4)18-12-11-15(20)21-14(2)3;/h6,14H,1,7-13H2,2-5H3,(H,17,18);1H. The van der Waals surface area contributed by atoms with Crippen LogP contribution in [0.3, 0.4) is 0 Å². The number of rotatable bonds is 10. The Morgan fingerprint density at radius 2 is 2.05 bits per heavy atom. The van der Waals surface area contributed by atoms with Gasteiger partial charge in [0.15, 0.2) is 5.96 Å². The third-order valence-electron chi connectivity index (χ3n) is 2.95. The van der Waals surface area contributed by atoms with E-state index in [1.165, 1.54) is 12.8 Å². The van der Waals surface area contributed by atoms with E-state index in [1.54, 1.807) is 7.05 Å². The van der Waals surface area contributed by atoms with E-state index in [1.807, 2.05) is 27.0 Å². The average Bonchev–Trinajstić information content (AvgIpc) is 2.42. The summed E-state index contributed by atoms with van der Waals surface area (Å²) in [7, 11) is 3.76. The predicted molar refractivity (Wildman–Crippen MR) is 104 cm³/mol. The van der Waals surface area contributed by atoms with Gasteiger partial charge >= 0.3 is 5.97 Å². The highest BCUT2D eigenvalue weighted by molar-refractivity contribution is 14.0. The molecule has 0 saturated heterocycles. The molecule has 5 nitrogen and oxygen atoms in total. The van der Waals surface area contributed by atoms with Gasteiger partial charge in [0, 0.05) is 27.2 Å². The van der Waals surface area contributed by atoms with Gasteiger partial charge in [0.05, 0.1) is 12.5 Å². The van der Waals surface area contributed by atoms with Crippen molar-refractivity contribution < 1.29 is 9.53 Å². The first kappa shape index (κ1) is 23.5. The highest BCUT2D eigenvalue weighted by Crippen LogP contribution is 2.01. The Hall–Kier alpha value is -0.790. The fraction of sp³-hybridized carbons (Fsp3) is 0.750. The molecule has 0 radical (unpaired) electrons. The SMILES string of the molecule is C=CCCCCCN(C)C(=NC)NCCC(=O)OC(C)C.I. The van der Waals surface area contributed by atoms with Gasteiger partial charge in [-0.05, 0) is 33.1 Å². The van der Waals surface area contributed by atoms with Gasteiger partial charge in [0.1, 0.15) is 0 Å². The van der Waals surface area contributed by atoms with Gasteiger partial charge in [-0.1, -0.05) is 12.5 Å². The number of esters is 1. The minimum atomic E-state index is -0.181. The zero-order chi connectivity index (χ0) is 16.1. The van der Waals surface area contributed by atoms with Gasteiger partial charge in [-0.15, -0.1) is 30.6 Å². The van der Waals surface area contributed by atoms with Crippen LogP contribution in [0.1, 0.15) is 46.0 Å². The lowest BCUT2D eigenvalue weighted by Gasteiger charge is -2.22. The van der Waals surface area contributed by atoms with Gasteiger partial charge in [-0.3, -0.25) is 9.79 Å². The monoisotopic (exact) mass is 425 g/mol. The predicted octanol–water partition coefficient (Wildman–Crippen LogP) is 3.20. The minimum absolute atomic E-state index is 0. The van der Waals surface area contributed by atoms with Gasteiger partial charge in [0.2, 0.25) is 0 Å². The molecule has 0 atom stereocenters. The fourth-order valence-corrected chi connectivity index (χ4v) is 1.90. The van der Waals surface area contributed by atoms with E-state index >= 15 is 0 Å². The number of nitrogens with one attached hydrogen (secondary N) is 1. The van der Waals surface area contributed by atoms with Crippen LogP contribution < -0.4 is 5.32 Å². The van der Waals surface area contributed by atoms with Crippen molar-refractivity contribution in [1.29, 1.82) is 0 Å². The lowest BCUT2D eigenvalue weighted by Crippen LogP contribution is -2.40. The molecule has 0 aliphatic carbocycles. The number of allylic oxidation sites excluding steroid dienone is 1. The number of hydrogen-bond acceptors (Lipinski definition) is 3. The summed E-state index contributed by atoms with van der Waals surface area (Å²) in [6.07, 6.45) is 6.83. The van der Waals surface area contributed by atoms with Crippen molar-refractivity contribution in [2.45, 2.75) is 52.1 Å². The van der Waals surface area contributed by atoms with Crippen molar-refractivity contribution in [3.8, 4) is 0 Å². The molecule has 0 saturated carbocycles. The largest absolute Gasteiger partial charge is 0.463 e. The number of unbranched alkanes of at least 4 members (excludes halogenated alkanes) is 3. The fourth-order valence-electron chi connectivity index (χ4n) is 1.90. The topological polar surface area (TPSA) is 53.9 Å². The normalized spacial score (nSPS) is 10.9. The number of aliphatic imine (C=N–C) groups is 1. The Morgan fingerprint density at radius 3 is 2.59 bits per heavy atom. The number of hydrogen-bond donors (Lipinski definition) is 1. The molecule has 22 heavy (non-hydrogen) atoms. The molecule has 0 aromatic rings. The van der Waals surface area contributed by atoms with Gasteiger partial charge in [0.25, 0.3) is 0 Å². The van der Waals surface area contributed by atoms with Crippen molar-refractivity contribution in [3.63, 3.8) is 0 Å². The molecule has 0 aliphatic rings. The summed E-state index contributed by atoms with van der Waals surface area (Å²) in [5.74, 6) is 0.635. The molecule has 0 spiro atoms. The lowest BCUT2D eigenvalue weighted by atomic mass is 10.2. The van der Waals surface area contributed by atoms with Crippen LogP contribution in [0.5, 0.6) is 0 Å². The maximum atomic E-state index is 11.4. The maximum Gasteiger partial charge on any atom is 0.307 e. The summed E-state index contributed by atoms with van der Waals surface area (Å²) in [6.45, 7) is 8.92. The lowest BCUT2D eigenvalue weighted by molar-refractivity contribution is -0.147. The average molecular weight is 425 g/mol. The van der Waals surface area contributed by atoms with Crippen molar-refractivity contribution in [2.24, 2.45) is 4.99 Å². The number of carbonyl (C=O) groups is 1. The Morgan fingerprint density at radius 1 is 1.36 bits per heavy atom.